The quantitative estimate of drug-likeness (QED) is 0.879. The van der Waals surface area contributed by atoms with Gasteiger partial charge in [-0.1, -0.05) is 37.3 Å². The number of amides is 3. The highest BCUT2D eigenvalue weighted by atomic mass is 16.2. The Morgan fingerprint density at radius 1 is 1.15 bits per heavy atom. The van der Waals surface area contributed by atoms with Crippen LogP contribution in [0, 0.1) is 0 Å². The Kier molecular flexibility index (Phi) is 5.55. The predicted molar refractivity (Wildman–Crippen MR) is 100 cm³/mol. The molecule has 0 bridgehead atoms. The van der Waals surface area contributed by atoms with Gasteiger partial charge in [0, 0.05) is 45.2 Å². The Labute approximate surface area is 153 Å². The molecule has 7 heteroatoms. The lowest BCUT2D eigenvalue weighted by Gasteiger charge is -2.20. The molecule has 1 aliphatic heterocycles. The molecule has 1 aliphatic rings. The van der Waals surface area contributed by atoms with Gasteiger partial charge in [-0.3, -0.25) is 4.79 Å². The minimum absolute atomic E-state index is 0.0479. The monoisotopic (exact) mass is 355 g/mol. The van der Waals surface area contributed by atoms with Gasteiger partial charge < -0.3 is 20.1 Å². The van der Waals surface area contributed by atoms with Crippen molar-refractivity contribution in [2.75, 3.05) is 26.7 Å². The van der Waals surface area contributed by atoms with Crippen molar-refractivity contribution in [1.82, 2.24) is 25.1 Å². The molecule has 0 atom stereocenters. The molecule has 3 rings (SSSR count). The van der Waals surface area contributed by atoms with E-state index in [-0.39, 0.29) is 11.9 Å². The summed E-state index contributed by atoms with van der Waals surface area (Å²) in [7, 11) is 1.61. The zero-order valence-corrected chi connectivity index (χ0v) is 15.3. The van der Waals surface area contributed by atoms with Gasteiger partial charge in [0.25, 0.3) is 5.91 Å². The van der Waals surface area contributed by atoms with Gasteiger partial charge in [0.05, 0.1) is 5.69 Å². The number of imidazole rings is 1. The van der Waals surface area contributed by atoms with Crippen molar-refractivity contribution in [3.05, 3.63) is 41.7 Å². The van der Waals surface area contributed by atoms with Gasteiger partial charge in [0.2, 0.25) is 0 Å². The number of nitrogens with one attached hydrogen (secondary N) is 2. The van der Waals surface area contributed by atoms with Crippen LogP contribution in [0.25, 0.3) is 11.4 Å². The zero-order valence-electron chi connectivity index (χ0n) is 15.3. The molecule has 138 valence electrons. The number of nitrogens with zero attached hydrogens (tertiary/aromatic N) is 3. The Hall–Kier alpha value is -2.83. The largest absolute Gasteiger partial charge is 0.354 e. The van der Waals surface area contributed by atoms with Crippen LogP contribution in [0.3, 0.4) is 0 Å². The summed E-state index contributed by atoms with van der Waals surface area (Å²) in [5.41, 5.74) is 2.30. The van der Waals surface area contributed by atoms with Crippen LogP contribution in [0.1, 0.15) is 29.5 Å². The number of hydrogen-bond donors (Lipinski definition) is 2. The molecular formula is C19H25N5O2. The lowest BCUT2D eigenvalue weighted by molar-refractivity contribution is 0.0957. The van der Waals surface area contributed by atoms with E-state index < -0.39 is 0 Å². The summed E-state index contributed by atoms with van der Waals surface area (Å²) in [5, 5.41) is 5.60. The van der Waals surface area contributed by atoms with Crippen molar-refractivity contribution in [1.29, 1.82) is 0 Å². The van der Waals surface area contributed by atoms with E-state index in [1.807, 2.05) is 42.2 Å². The molecule has 26 heavy (non-hydrogen) atoms. The normalized spacial score (nSPS) is 13.7. The van der Waals surface area contributed by atoms with E-state index in [9.17, 15) is 9.59 Å². The van der Waals surface area contributed by atoms with Gasteiger partial charge in [-0.15, -0.1) is 0 Å². The summed E-state index contributed by atoms with van der Waals surface area (Å²) in [4.78, 5) is 31.1. The van der Waals surface area contributed by atoms with Gasteiger partial charge in [-0.05, 0) is 6.42 Å². The number of rotatable bonds is 4. The van der Waals surface area contributed by atoms with Crippen molar-refractivity contribution < 1.29 is 9.59 Å². The third-order valence-electron chi connectivity index (χ3n) is 4.57. The van der Waals surface area contributed by atoms with Gasteiger partial charge in [-0.2, -0.15) is 0 Å². The van der Waals surface area contributed by atoms with E-state index in [0.29, 0.717) is 38.3 Å². The zero-order chi connectivity index (χ0) is 18.5. The first-order valence-electron chi connectivity index (χ1n) is 9.05. The maximum atomic E-state index is 12.3. The van der Waals surface area contributed by atoms with E-state index in [4.69, 9.17) is 0 Å². The third kappa shape index (κ3) is 3.56. The molecule has 0 aliphatic carbocycles. The molecule has 7 nitrogen and oxygen atoms in total. The molecule has 2 N–H and O–H groups in total. The van der Waals surface area contributed by atoms with Crippen LogP contribution in [-0.2, 0) is 13.0 Å². The van der Waals surface area contributed by atoms with Crippen molar-refractivity contribution >= 4 is 11.9 Å². The van der Waals surface area contributed by atoms with Crippen LogP contribution >= 0.6 is 0 Å². The fourth-order valence-corrected chi connectivity index (χ4v) is 3.21. The fraction of sp³-hybridized carbons (Fsp3) is 0.421. The number of urea groups is 1. The lowest BCUT2D eigenvalue weighted by Crippen LogP contribution is -2.41. The average molecular weight is 355 g/mol. The molecule has 2 heterocycles. The van der Waals surface area contributed by atoms with Crippen LogP contribution in [0.4, 0.5) is 4.79 Å². The third-order valence-corrected chi connectivity index (χ3v) is 4.57. The molecule has 1 aromatic heterocycles. The predicted octanol–water partition coefficient (Wildman–Crippen LogP) is 1.89. The Morgan fingerprint density at radius 3 is 2.62 bits per heavy atom. The number of carbonyl (C=O) groups excluding carboxylic acids is 2. The van der Waals surface area contributed by atoms with Crippen LogP contribution < -0.4 is 10.6 Å². The van der Waals surface area contributed by atoms with Crippen molar-refractivity contribution in [3.63, 3.8) is 0 Å². The Bertz CT molecular complexity index is 785. The standard InChI is InChI=1S/C19H25N5O2/c1-3-10-21-19(26)23-11-9-15-16(18(25)20-2)22-17(24(15)13-12-23)14-7-5-4-6-8-14/h4-8H,3,9-13H2,1-2H3,(H,20,25)(H,21,26). The minimum Gasteiger partial charge on any atom is -0.354 e. The smallest absolute Gasteiger partial charge is 0.317 e. The highest BCUT2D eigenvalue weighted by Crippen LogP contribution is 2.25. The molecule has 0 radical (unpaired) electrons. The SMILES string of the molecule is CCCNC(=O)N1CCc2c(C(=O)NC)nc(-c3ccccc3)n2CC1. The second-order valence-electron chi connectivity index (χ2n) is 6.30. The number of carbonyl (C=O) groups is 2. The summed E-state index contributed by atoms with van der Waals surface area (Å²) in [6.07, 6.45) is 1.50. The summed E-state index contributed by atoms with van der Waals surface area (Å²) in [6.45, 7) is 4.47. The van der Waals surface area contributed by atoms with Crippen molar-refractivity contribution in [2.45, 2.75) is 26.3 Å². The molecule has 0 spiro atoms. The van der Waals surface area contributed by atoms with Crippen molar-refractivity contribution in [2.24, 2.45) is 0 Å². The van der Waals surface area contributed by atoms with Crippen LogP contribution in [0.5, 0.6) is 0 Å². The lowest BCUT2D eigenvalue weighted by atomic mass is 10.2. The summed E-state index contributed by atoms with van der Waals surface area (Å²) in [6, 6.07) is 9.79. The van der Waals surface area contributed by atoms with E-state index in [0.717, 1.165) is 23.5 Å². The van der Waals surface area contributed by atoms with E-state index in [2.05, 4.69) is 20.2 Å². The molecule has 3 amide bonds. The number of hydrogen-bond acceptors (Lipinski definition) is 3. The molecular weight excluding hydrogens is 330 g/mol. The van der Waals surface area contributed by atoms with Crippen LogP contribution in [-0.4, -0.2) is 53.1 Å². The maximum Gasteiger partial charge on any atom is 0.317 e. The number of benzene rings is 1. The first-order valence-corrected chi connectivity index (χ1v) is 9.05. The number of aromatic nitrogens is 2. The molecule has 2 aromatic rings. The van der Waals surface area contributed by atoms with Gasteiger partial charge in [-0.25, -0.2) is 9.78 Å². The first kappa shape index (κ1) is 18.0. The summed E-state index contributed by atoms with van der Waals surface area (Å²) in [5.74, 6) is 0.579. The van der Waals surface area contributed by atoms with Crippen LogP contribution in [0.2, 0.25) is 0 Å². The van der Waals surface area contributed by atoms with Crippen LogP contribution in [0.15, 0.2) is 30.3 Å². The van der Waals surface area contributed by atoms with E-state index in [1.165, 1.54) is 0 Å². The molecule has 0 unspecified atom stereocenters. The minimum atomic E-state index is -0.195. The Balaban J connectivity index is 1.93. The van der Waals surface area contributed by atoms with Gasteiger partial charge in [0.15, 0.2) is 0 Å². The molecule has 1 aromatic carbocycles. The fourth-order valence-electron chi connectivity index (χ4n) is 3.21. The topological polar surface area (TPSA) is 79.3 Å². The van der Waals surface area contributed by atoms with E-state index in [1.54, 1.807) is 7.05 Å². The molecule has 0 saturated carbocycles. The second kappa shape index (κ2) is 8.03. The second-order valence-corrected chi connectivity index (χ2v) is 6.30. The van der Waals surface area contributed by atoms with E-state index >= 15 is 0 Å². The number of fused-ring (bicyclic) bond motifs is 1. The van der Waals surface area contributed by atoms with Crippen molar-refractivity contribution in [3.8, 4) is 11.4 Å². The van der Waals surface area contributed by atoms with Gasteiger partial charge in [0.1, 0.15) is 11.5 Å². The maximum absolute atomic E-state index is 12.3. The summed E-state index contributed by atoms with van der Waals surface area (Å²) < 4.78 is 2.08. The summed E-state index contributed by atoms with van der Waals surface area (Å²) >= 11 is 0. The first-order chi connectivity index (χ1) is 12.7. The molecule has 0 saturated heterocycles. The highest BCUT2D eigenvalue weighted by Gasteiger charge is 2.26. The average Bonchev–Trinajstić information content (AvgIpc) is 2.90. The highest BCUT2D eigenvalue weighted by molar-refractivity contribution is 5.94. The Morgan fingerprint density at radius 2 is 1.92 bits per heavy atom. The van der Waals surface area contributed by atoms with Gasteiger partial charge >= 0.3 is 6.03 Å². The molecule has 0 fully saturated rings.